The van der Waals surface area contributed by atoms with Crippen LogP contribution in [0.5, 0.6) is 0 Å². The first-order valence-corrected chi connectivity index (χ1v) is 11.7. The topological polar surface area (TPSA) is 87.7 Å². The number of rotatable bonds is 7. The number of amides is 3. The lowest BCUT2D eigenvalue weighted by Gasteiger charge is -2.34. The summed E-state index contributed by atoms with van der Waals surface area (Å²) < 4.78 is 5.32. The van der Waals surface area contributed by atoms with Crippen molar-refractivity contribution < 1.29 is 19.1 Å². The van der Waals surface area contributed by atoms with Crippen LogP contribution >= 0.6 is 0 Å². The van der Waals surface area contributed by atoms with Crippen LogP contribution in [-0.2, 0) is 14.3 Å². The van der Waals surface area contributed by atoms with E-state index in [0.717, 1.165) is 29.5 Å². The van der Waals surface area contributed by atoms with E-state index >= 15 is 0 Å². The highest BCUT2D eigenvalue weighted by Crippen LogP contribution is 2.37. The van der Waals surface area contributed by atoms with Crippen LogP contribution in [0.4, 0.5) is 10.5 Å². The summed E-state index contributed by atoms with van der Waals surface area (Å²) in [4.78, 5) is 41.3. The van der Waals surface area contributed by atoms with Crippen molar-refractivity contribution in [1.82, 2.24) is 10.2 Å². The Hall–Kier alpha value is -3.35. The van der Waals surface area contributed by atoms with Crippen LogP contribution in [0.1, 0.15) is 63.3 Å². The van der Waals surface area contributed by atoms with Crippen molar-refractivity contribution in [3.8, 4) is 0 Å². The van der Waals surface area contributed by atoms with Gasteiger partial charge in [-0.1, -0.05) is 42.5 Å². The highest BCUT2D eigenvalue weighted by Gasteiger charge is 2.43. The molecule has 2 aromatic rings. The van der Waals surface area contributed by atoms with Crippen molar-refractivity contribution in [3.63, 3.8) is 0 Å². The standard InChI is InChI=1S/C27H35N3O4/c1-17-11-7-9-13-21(17)23(24(31)29-22-14-10-8-12-18(22)2)30(20-15-16-20)25(32)19(3)28-26(33)34-27(4,5)6/h7-14,19-20,23H,15-16H2,1-6H3,(H,28,33)(H,29,31). The number of carbonyl (C=O) groups is 3. The molecule has 0 radical (unpaired) electrons. The molecule has 1 fully saturated rings. The average Bonchev–Trinajstić information content (AvgIpc) is 3.57. The molecule has 34 heavy (non-hydrogen) atoms. The van der Waals surface area contributed by atoms with Gasteiger partial charge in [0.05, 0.1) is 0 Å². The molecule has 2 N–H and O–H groups in total. The van der Waals surface area contributed by atoms with Gasteiger partial charge in [0, 0.05) is 11.7 Å². The van der Waals surface area contributed by atoms with Gasteiger partial charge in [-0.2, -0.15) is 0 Å². The monoisotopic (exact) mass is 465 g/mol. The molecule has 1 aliphatic rings. The van der Waals surface area contributed by atoms with E-state index < -0.39 is 23.8 Å². The van der Waals surface area contributed by atoms with Gasteiger partial charge in [0.15, 0.2) is 0 Å². The van der Waals surface area contributed by atoms with Gasteiger partial charge in [0.2, 0.25) is 5.91 Å². The molecule has 182 valence electrons. The van der Waals surface area contributed by atoms with E-state index in [1.54, 1.807) is 32.6 Å². The number of hydrogen-bond donors (Lipinski definition) is 2. The number of hydrogen-bond acceptors (Lipinski definition) is 4. The normalized spacial score (nSPS) is 15.1. The summed E-state index contributed by atoms with van der Waals surface area (Å²) in [6, 6.07) is 13.4. The van der Waals surface area contributed by atoms with Crippen LogP contribution in [-0.4, -0.2) is 40.5 Å². The van der Waals surface area contributed by atoms with E-state index in [9.17, 15) is 14.4 Å². The fraction of sp³-hybridized carbons (Fsp3) is 0.444. The zero-order chi connectivity index (χ0) is 25.0. The lowest BCUT2D eigenvalue weighted by molar-refractivity contribution is -0.141. The van der Waals surface area contributed by atoms with Crippen molar-refractivity contribution in [3.05, 3.63) is 65.2 Å². The number of carbonyl (C=O) groups excluding carboxylic acids is 3. The molecule has 1 aliphatic carbocycles. The van der Waals surface area contributed by atoms with E-state index in [1.165, 1.54) is 0 Å². The molecule has 2 unspecified atom stereocenters. The smallest absolute Gasteiger partial charge is 0.408 e. The predicted molar refractivity (Wildman–Crippen MR) is 132 cm³/mol. The highest BCUT2D eigenvalue weighted by atomic mass is 16.6. The lowest BCUT2D eigenvalue weighted by atomic mass is 9.97. The maximum Gasteiger partial charge on any atom is 0.408 e. The second-order valence-electron chi connectivity index (χ2n) is 9.91. The number of nitrogens with zero attached hydrogens (tertiary/aromatic N) is 1. The van der Waals surface area contributed by atoms with Crippen LogP contribution in [0.2, 0.25) is 0 Å². The number of anilines is 1. The van der Waals surface area contributed by atoms with Crippen molar-refractivity contribution in [2.45, 2.75) is 78.1 Å². The first-order valence-electron chi connectivity index (χ1n) is 11.7. The van der Waals surface area contributed by atoms with Crippen LogP contribution < -0.4 is 10.6 Å². The molecule has 2 aromatic carbocycles. The number of benzene rings is 2. The van der Waals surface area contributed by atoms with Crippen LogP contribution in [0, 0.1) is 13.8 Å². The van der Waals surface area contributed by atoms with E-state index in [-0.39, 0.29) is 17.9 Å². The molecular weight excluding hydrogens is 430 g/mol. The molecule has 2 atom stereocenters. The Morgan fingerprint density at radius 1 is 0.971 bits per heavy atom. The van der Waals surface area contributed by atoms with Crippen molar-refractivity contribution in [2.24, 2.45) is 0 Å². The summed E-state index contributed by atoms with van der Waals surface area (Å²) >= 11 is 0. The Balaban J connectivity index is 1.93. The molecule has 0 saturated heterocycles. The van der Waals surface area contributed by atoms with Gasteiger partial charge in [0.1, 0.15) is 17.7 Å². The molecular formula is C27H35N3O4. The minimum absolute atomic E-state index is 0.0670. The summed E-state index contributed by atoms with van der Waals surface area (Å²) in [5.41, 5.74) is 2.63. The van der Waals surface area contributed by atoms with E-state index in [0.29, 0.717) is 5.69 Å². The van der Waals surface area contributed by atoms with Crippen molar-refractivity contribution >= 4 is 23.6 Å². The first kappa shape index (κ1) is 25.3. The maximum absolute atomic E-state index is 13.7. The van der Waals surface area contributed by atoms with Crippen LogP contribution in [0.25, 0.3) is 0 Å². The summed E-state index contributed by atoms with van der Waals surface area (Å²) in [6.45, 7) is 10.8. The fourth-order valence-corrected chi connectivity index (χ4v) is 3.87. The molecule has 0 aliphatic heterocycles. The second kappa shape index (κ2) is 10.3. The number of nitrogens with one attached hydrogen (secondary N) is 2. The molecule has 3 rings (SSSR count). The van der Waals surface area contributed by atoms with Gasteiger partial charge in [-0.05, 0) is 77.1 Å². The number of para-hydroxylation sites is 1. The molecule has 7 heteroatoms. The minimum Gasteiger partial charge on any atom is -0.444 e. The van der Waals surface area contributed by atoms with Gasteiger partial charge < -0.3 is 20.3 Å². The first-order chi connectivity index (χ1) is 16.0. The van der Waals surface area contributed by atoms with Crippen LogP contribution in [0.15, 0.2) is 48.5 Å². The zero-order valence-corrected chi connectivity index (χ0v) is 20.8. The summed E-state index contributed by atoms with van der Waals surface area (Å²) in [5.74, 6) is -0.602. The third kappa shape index (κ3) is 6.37. The molecule has 0 spiro atoms. The summed E-state index contributed by atoms with van der Waals surface area (Å²) in [7, 11) is 0. The Morgan fingerprint density at radius 2 is 1.56 bits per heavy atom. The van der Waals surface area contributed by atoms with E-state index in [1.807, 2.05) is 62.4 Å². The molecule has 7 nitrogen and oxygen atoms in total. The highest BCUT2D eigenvalue weighted by molar-refractivity contribution is 5.99. The molecule has 0 aromatic heterocycles. The molecule has 0 heterocycles. The average molecular weight is 466 g/mol. The summed E-state index contributed by atoms with van der Waals surface area (Å²) in [5, 5.41) is 5.65. The number of aryl methyl sites for hydroxylation is 2. The van der Waals surface area contributed by atoms with Gasteiger partial charge >= 0.3 is 6.09 Å². The van der Waals surface area contributed by atoms with Gasteiger partial charge in [-0.3, -0.25) is 9.59 Å². The Kier molecular flexibility index (Phi) is 7.64. The number of alkyl carbamates (subject to hydrolysis) is 1. The van der Waals surface area contributed by atoms with Crippen molar-refractivity contribution in [1.29, 1.82) is 0 Å². The van der Waals surface area contributed by atoms with Gasteiger partial charge in [-0.25, -0.2) is 4.79 Å². The minimum atomic E-state index is -0.853. The zero-order valence-electron chi connectivity index (χ0n) is 20.8. The van der Waals surface area contributed by atoms with E-state index in [4.69, 9.17) is 4.74 Å². The third-order valence-corrected chi connectivity index (χ3v) is 5.71. The summed E-state index contributed by atoms with van der Waals surface area (Å²) in [6.07, 6.45) is 0.955. The Bertz CT molecular complexity index is 1060. The van der Waals surface area contributed by atoms with E-state index in [2.05, 4.69) is 10.6 Å². The lowest BCUT2D eigenvalue weighted by Crippen LogP contribution is -2.52. The largest absolute Gasteiger partial charge is 0.444 e. The fourth-order valence-electron chi connectivity index (χ4n) is 3.87. The Labute approximate surface area is 201 Å². The molecule has 3 amide bonds. The SMILES string of the molecule is Cc1ccccc1NC(=O)C(c1ccccc1C)N(C(=O)C(C)NC(=O)OC(C)(C)C)C1CC1. The van der Waals surface area contributed by atoms with Crippen LogP contribution in [0.3, 0.4) is 0 Å². The number of ether oxygens (including phenoxy) is 1. The second-order valence-corrected chi connectivity index (χ2v) is 9.91. The van der Waals surface area contributed by atoms with Gasteiger partial charge in [-0.15, -0.1) is 0 Å². The van der Waals surface area contributed by atoms with Crippen molar-refractivity contribution in [2.75, 3.05) is 5.32 Å². The maximum atomic E-state index is 13.7. The third-order valence-electron chi connectivity index (χ3n) is 5.71. The predicted octanol–water partition coefficient (Wildman–Crippen LogP) is 4.89. The van der Waals surface area contributed by atoms with Gasteiger partial charge in [0.25, 0.3) is 5.91 Å². The Morgan fingerprint density at radius 3 is 2.12 bits per heavy atom. The quantitative estimate of drug-likeness (QED) is 0.610. The molecule has 1 saturated carbocycles. The molecule has 0 bridgehead atoms.